The fraction of sp³-hybridized carbons (Fsp3) is 0.906. The third kappa shape index (κ3) is 3.71. The first-order valence-corrected chi connectivity index (χ1v) is 15.4. The van der Waals surface area contributed by atoms with Gasteiger partial charge in [0.2, 0.25) is 0 Å². The van der Waals surface area contributed by atoms with E-state index < -0.39 is 0 Å². The molecular formula is C32H50O3. The van der Waals surface area contributed by atoms with Crippen LogP contribution in [0.1, 0.15) is 124 Å². The van der Waals surface area contributed by atoms with Gasteiger partial charge in [0.25, 0.3) is 0 Å². The average molecular weight is 483 g/mol. The Labute approximate surface area is 213 Å². The van der Waals surface area contributed by atoms with Gasteiger partial charge in [-0.3, -0.25) is 4.79 Å². The number of carbonyl (C=O) groups is 1. The zero-order valence-electron chi connectivity index (χ0n) is 22.7. The highest BCUT2D eigenvalue weighted by atomic mass is 16.5. The van der Waals surface area contributed by atoms with Gasteiger partial charge in [0, 0.05) is 0 Å². The van der Waals surface area contributed by atoms with Crippen molar-refractivity contribution in [1.29, 1.82) is 0 Å². The van der Waals surface area contributed by atoms with Gasteiger partial charge in [-0.25, -0.2) is 0 Å². The molecule has 0 aromatic heterocycles. The number of ether oxygens (including phenoxy) is 1. The molecule has 0 amide bonds. The molecule has 0 unspecified atom stereocenters. The van der Waals surface area contributed by atoms with Crippen LogP contribution in [0.4, 0.5) is 0 Å². The van der Waals surface area contributed by atoms with Crippen molar-refractivity contribution in [2.45, 2.75) is 136 Å². The van der Waals surface area contributed by atoms with E-state index in [0.717, 1.165) is 37.5 Å². The van der Waals surface area contributed by atoms with Crippen LogP contribution >= 0.6 is 0 Å². The molecule has 5 fully saturated rings. The number of aliphatic hydroxyl groups is 1. The van der Waals surface area contributed by atoms with Crippen LogP contribution in [0.2, 0.25) is 0 Å². The summed E-state index contributed by atoms with van der Waals surface area (Å²) in [6.07, 6.45) is 21.5. The molecule has 6 aliphatic rings. The lowest BCUT2D eigenvalue weighted by Crippen LogP contribution is -2.51. The van der Waals surface area contributed by atoms with Crippen molar-refractivity contribution in [3.8, 4) is 0 Å². The normalized spacial score (nSPS) is 44.5. The van der Waals surface area contributed by atoms with E-state index in [1.165, 1.54) is 77.0 Å². The molecule has 0 radical (unpaired) electrons. The SMILES string of the molecule is CC(C(=O)O[C@@H]1C=C2CC[C@H]3[C@@H]4CC[C@H](O)[C@@]4(C)CC[C@@H]3[C@@]2(C)CC1)(C1CCCC1)C1CCCC1. The summed E-state index contributed by atoms with van der Waals surface area (Å²) in [6.45, 7) is 7.19. The second-order valence-corrected chi connectivity index (χ2v) is 14.4. The van der Waals surface area contributed by atoms with Crippen LogP contribution in [0, 0.1) is 45.8 Å². The van der Waals surface area contributed by atoms with Gasteiger partial charge < -0.3 is 9.84 Å². The molecular weight excluding hydrogens is 432 g/mol. The number of hydrogen-bond acceptors (Lipinski definition) is 3. The Hall–Kier alpha value is -0.830. The Kier molecular flexibility index (Phi) is 6.22. The zero-order chi connectivity index (χ0) is 24.4. The number of hydrogen-bond donors (Lipinski definition) is 1. The number of esters is 1. The van der Waals surface area contributed by atoms with Crippen molar-refractivity contribution >= 4 is 5.97 Å². The second kappa shape index (κ2) is 8.88. The van der Waals surface area contributed by atoms with Crippen molar-refractivity contribution in [3.63, 3.8) is 0 Å². The van der Waals surface area contributed by atoms with Crippen LogP contribution in [0.5, 0.6) is 0 Å². The van der Waals surface area contributed by atoms with Crippen LogP contribution in [0.25, 0.3) is 0 Å². The summed E-state index contributed by atoms with van der Waals surface area (Å²) >= 11 is 0. The highest BCUT2D eigenvalue weighted by molar-refractivity contribution is 5.77. The molecule has 3 nitrogen and oxygen atoms in total. The monoisotopic (exact) mass is 482 g/mol. The van der Waals surface area contributed by atoms with Crippen LogP contribution in [0.15, 0.2) is 11.6 Å². The first kappa shape index (κ1) is 24.5. The molecule has 0 saturated heterocycles. The highest BCUT2D eigenvalue weighted by Gasteiger charge is 2.59. The van der Waals surface area contributed by atoms with Gasteiger partial charge in [-0.2, -0.15) is 0 Å². The molecule has 5 saturated carbocycles. The minimum Gasteiger partial charge on any atom is -0.458 e. The summed E-state index contributed by atoms with van der Waals surface area (Å²) in [5.41, 5.74) is 1.73. The lowest BCUT2D eigenvalue weighted by Gasteiger charge is -2.58. The third-order valence-electron chi connectivity index (χ3n) is 13.1. The smallest absolute Gasteiger partial charge is 0.312 e. The van der Waals surface area contributed by atoms with E-state index in [4.69, 9.17) is 4.74 Å². The maximum atomic E-state index is 13.9. The molecule has 35 heavy (non-hydrogen) atoms. The van der Waals surface area contributed by atoms with Gasteiger partial charge in [-0.15, -0.1) is 0 Å². The van der Waals surface area contributed by atoms with Crippen LogP contribution in [-0.4, -0.2) is 23.3 Å². The predicted molar refractivity (Wildman–Crippen MR) is 140 cm³/mol. The molecule has 6 aliphatic carbocycles. The highest BCUT2D eigenvalue weighted by Crippen LogP contribution is 2.65. The summed E-state index contributed by atoms with van der Waals surface area (Å²) in [7, 11) is 0. The summed E-state index contributed by atoms with van der Waals surface area (Å²) in [5, 5.41) is 10.8. The number of allylic oxidation sites excluding steroid dienone is 1. The van der Waals surface area contributed by atoms with Crippen molar-refractivity contribution in [3.05, 3.63) is 11.6 Å². The first-order chi connectivity index (χ1) is 16.8. The molecule has 0 aromatic carbocycles. The standard InChI is InChI=1S/C32H50O3/c1-30-18-16-24(35-29(34)32(3,21-8-4-5-9-21)22-10-6-7-11-22)20-23(30)12-13-25-26-14-15-28(33)31(26,2)19-17-27(25)30/h20-22,24-28,33H,4-19H2,1-3H3/t24-,25-,26-,27-,28-,30-,31-/m0/s1. The fourth-order valence-corrected chi connectivity index (χ4v) is 10.7. The van der Waals surface area contributed by atoms with E-state index in [0.29, 0.717) is 17.8 Å². The van der Waals surface area contributed by atoms with Gasteiger partial charge in [-0.05, 0) is 130 Å². The molecule has 6 rings (SSSR count). The zero-order valence-corrected chi connectivity index (χ0v) is 22.7. The number of rotatable bonds is 4. The number of aliphatic hydroxyl groups excluding tert-OH is 1. The van der Waals surface area contributed by atoms with Crippen LogP contribution in [0.3, 0.4) is 0 Å². The topological polar surface area (TPSA) is 46.5 Å². The van der Waals surface area contributed by atoms with Gasteiger partial charge >= 0.3 is 5.97 Å². The van der Waals surface area contributed by atoms with Gasteiger partial charge in [0.05, 0.1) is 11.5 Å². The summed E-state index contributed by atoms with van der Waals surface area (Å²) in [5.74, 6) is 3.37. The van der Waals surface area contributed by atoms with E-state index >= 15 is 0 Å². The molecule has 0 aromatic rings. The molecule has 0 aliphatic heterocycles. The third-order valence-corrected chi connectivity index (χ3v) is 13.1. The van der Waals surface area contributed by atoms with Gasteiger partial charge in [0.15, 0.2) is 0 Å². The number of carbonyl (C=O) groups excluding carboxylic acids is 1. The Morgan fingerprint density at radius 3 is 2.20 bits per heavy atom. The molecule has 3 heteroatoms. The Bertz CT molecular complexity index is 833. The van der Waals surface area contributed by atoms with Gasteiger partial charge in [-0.1, -0.05) is 45.1 Å². The largest absolute Gasteiger partial charge is 0.458 e. The maximum Gasteiger partial charge on any atom is 0.312 e. The minimum atomic E-state index is -0.277. The van der Waals surface area contributed by atoms with Crippen LogP contribution in [-0.2, 0) is 9.53 Å². The van der Waals surface area contributed by atoms with E-state index in [1.807, 2.05) is 0 Å². The van der Waals surface area contributed by atoms with E-state index in [9.17, 15) is 9.90 Å². The molecule has 0 heterocycles. The van der Waals surface area contributed by atoms with E-state index in [-0.39, 0.29) is 34.4 Å². The average Bonchev–Trinajstić information content (AvgIpc) is 3.61. The molecule has 0 bridgehead atoms. The van der Waals surface area contributed by atoms with Gasteiger partial charge in [0.1, 0.15) is 6.10 Å². The quantitative estimate of drug-likeness (QED) is 0.331. The maximum absolute atomic E-state index is 13.9. The molecule has 7 atom stereocenters. The Morgan fingerprint density at radius 2 is 1.54 bits per heavy atom. The van der Waals surface area contributed by atoms with Crippen molar-refractivity contribution in [2.24, 2.45) is 45.8 Å². The van der Waals surface area contributed by atoms with E-state index in [2.05, 4.69) is 26.8 Å². The Balaban J connectivity index is 1.19. The molecule has 1 N–H and O–H groups in total. The van der Waals surface area contributed by atoms with Crippen molar-refractivity contribution in [1.82, 2.24) is 0 Å². The lowest BCUT2D eigenvalue weighted by atomic mass is 9.47. The van der Waals surface area contributed by atoms with Crippen LogP contribution < -0.4 is 0 Å². The summed E-state index contributed by atoms with van der Waals surface area (Å²) < 4.78 is 6.46. The van der Waals surface area contributed by atoms with E-state index in [1.54, 1.807) is 5.57 Å². The van der Waals surface area contributed by atoms with Crippen molar-refractivity contribution < 1.29 is 14.6 Å². The molecule has 0 spiro atoms. The summed E-state index contributed by atoms with van der Waals surface area (Å²) in [4.78, 5) is 13.9. The second-order valence-electron chi connectivity index (χ2n) is 14.4. The minimum absolute atomic E-state index is 0.0218. The molecule has 196 valence electrons. The summed E-state index contributed by atoms with van der Waals surface area (Å²) in [6, 6.07) is 0. The fourth-order valence-electron chi connectivity index (χ4n) is 10.7. The predicted octanol–water partition coefficient (Wildman–Crippen LogP) is 7.61. The first-order valence-electron chi connectivity index (χ1n) is 15.4. The number of fused-ring (bicyclic) bond motifs is 5. The Morgan fingerprint density at radius 1 is 0.886 bits per heavy atom. The lowest BCUT2D eigenvalue weighted by molar-refractivity contribution is -0.167. The van der Waals surface area contributed by atoms with Crippen molar-refractivity contribution in [2.75, 3.05) is 0 Å².